The largest absolute Gasteiger partial charge is 0.294 e. The number of carbonyl (C=O) groups excluding carboxylic acids is 1. The molecule has 1 atom stereocenters. The molecule has 96 valence electrons. The van der Waals surface area contributed by atoms with Gasteiger partial charge in [-0.05, 0) is 11.6 Å². The van der Waals surface area contributed by atoms with Crippen molar-refractivity contribution in [2.75, 3.05) is 0 Å². The first-order valence-electron chi connectivity index (χ1n) is 6.13. The monoisotopic (exact) mass is 250 g/mol. The topological polar surface area (TPSA) is 17.1 Å². The predicted octanol–water partition coefficient (Wildman–Crippen LogP) is 4.37. The maximum Gasteiger partial charge on any atom is 0.166 e. The van der Waals surface area contributed by atoms with Crippen molar-refractivity contribution in [3.63, 3.8) is 0 Å². The molecule has 1 aliphatic carbocycles. The molecule has 0 aromatic heterocycles. The average Bonchev–Trinajstić information content (AvgIpc) is 2.47. The van der Waals surface area contributed by atoms with Crippen LogP contribution in [0.3, 0.4) is 0 Å². The Kier molecular flexibility index (Phi) is 6.67. The quantitative estimate of drug-likeness (QED) is 0.575. The number of allylic oxidation sites excluding steroid dienone is 7. The molecule has 1 nitrogen and oxygen atoms in total. The highest BCUT2D eigenvalue weighted by atomic mass is 16.1. The minimum Gasteiger partial charge on any atom is -0.294 e. The summed E-state index contributed by atoms with van der Waals surface area (Å²) in [5.74, 6) is 0.0301. The third-order valence-corrected chi connectivity index (χ3v) is 2.50. The van der Waals surface area contributed by atoms with Crippen molar-refractivity contribution in [1.29, 1.82) is 0 Å². The third-order valence-electron chi connectivity index (χ3n) is 2.50. The number of hydrogen-bond donors (Lipinski definition) is 0. The zero-order valence-electron chi connectivity index (χ0n) is 10.9. The van der Waals surface area contributed by atoms with Gasteiger partial charge in [-0.25, -0.2) is 0 Å². The van der Waals surface area contributed by atoms with Crippen molar-refractivity contribution in [3.8, 4) is 0 Å². The molecule has 0 bridgehead atoms. The molecule has 0 saturated heterocycles. The Morgan fingerprint density at radius 2 is 1.79 bits per heavy atom. The maximum absolute atomic E-state index is 10.8. The molecule has 0 fully saturated rings. The van der Waals surface area contributed by atoms with E-state index in [2.05, 4.69) is 25.3 Å². The summed E-state index contributed by atoms with van der Waals surface area (Å²) in [5.41, 5.74) is 1.21. The smallest absolute Gasteiger partial charge is 0.166 e. The van der Waals surface area contributed by atoms with Crippen LogP contribution in [0.4, 0.5) is 0 Å². The number of benzene rings is 1. The zero-order valence-corrected chi connectivity index (χ0v) is 10.9. The Bertz CT molecular complexity index is 504. The van der Waals surface area contributed by atoms with E-state index in [4.69, 9.17) is 0 Å². The van der Waals surface area contributed by atoms with Gasteiger partial charge in [0.1, 0.15) is 0 Å². The van der Waals surface area contributed by atoms with Gasteiger partial charge in [0.15, 0.2) is 5.78 Å². The van der Waals surface area contributed by atoms with E-state index in [1.807, 2.05) is 42.5 Å². The fourth-order valence-electron chi connectivity index (χ4n) is 1.48. The summed E-state index contributed by atoms with van der Waals surface area (Å²) < 4.78 is 0. The van der Waals surface area contributed by atoms with Crippen LogP contribution in [0.25, 0.3) is 6.08 Å². The van der Waals surface area contributed by atoms with Gasteiger partial charge >= 0.3 is 0 Å². The van der Waals surface area contributed by atoms with Crippen molar-refractivity contribution in [2.45, 2.75) is 0 Å². The Morgan fingerprint density at radius 1 is 1.05 bits per heavy atom. The fourth-order valence-corrected chi connectivity index (χ4v) is 1.48. The van der Waals surface area contributed by atoms with Gasteiger partial charge < -0.3 is 0 Å². The van der Waals surface area contributed by atoms with Crippen LogP contribution >= 0.6 is 0 Å². The third kappa shape index (κ3) is 5.64. The van der Waals surface area contributed by atoms with Gasteiger partial charge in [-0.3, -0.25) is 4.79 Å². The van der Waals surface area contributed by atoms with E-state index in [0.29, 0.717) is 0 Å². The van der Waals surface area contributed by atoms with Crippen LogP contribution in [0, 0.1) is 5.92 Å². The first-order chi connectivity index (χ1) is 9.27. The fraction of sp³-hybridized carbons (Fsp3) is 0.0556. The summed E-state index contributed by atoms with van der Waals surface area (Å²) >= 11 is 0. The van der Waals surface area contributed by atoms with E-state index >= 15 is 0 Å². The molecule has 0 spiro atoms. The first kappa shape index (κ1) is 14.7. The average molecular weight is 250 g/mol. The van der Waals surface area contributed by atoms with Crippen LogP contribution < -0.4 is 0 Å². The van der Waals surface area contributed by atoms with Gasteiger partial charge in [0.2, 0.25) is 0 Å². The summed E-state index contributed by atoms with van der Waals surface area (Å²) in [6.07, 6.45) is 14.3. The highest BCUT2D eigenvalue weighted by Gasteiger charge is 2.08. The van der Waals surface area contributed by atoms with E-state index in [9.17, 15) is 4.79 Å². The van der Waals surface area contributed by atoms with Crippen molar-refractivity contribution in [3.05, 3.63) is 91.6 Å². The van der Waals surface area contributed by atoms with Crippen LogP contribution in [0.1, 0.15) is 5.56 Å². The van der Waals surface area contributed by atoms with Gasteiger partial charge in [-0.1, -0.05) is 79.4 Å². The van der Waals surface area contributed by atoms with Crippen molar-refractivity contribution in [1.82, 2.24) is 0 Å². The second-order valence-electron chi connectivity index (χ2n) is 3.91. The van der Waals surface area contributed by atoms with E-state index < -0.39 is 0 Å². The van der Waals surface area contributed by atoms with Gasteiger partial charge in [0.05, 0.1) is 5.92 Å². The minimum absolute atomic E-state index is 0.0880. The summed E-state index contributed by atoms with van der Waals surface area (Å²) in [5, 5.41) is 0. The molecule has 1 aromatic carbocycles. The SMILES string of the molecule is C=CC1C=CC=CC1=O.C=CC=Cc1ccccc1. The van der Waals surface area contributed by atoms with Crippen LogP contribution in [0.5, 0.6) is 0 Å². The number of rotatable bonds is 3. The molecule has 0 N–H and O–H groups in total. The Hall–Kier alpha value is -2.41. The van der Waals surface area contributed by atoms with Gasteiger partial charge in [-0.2, -0.15) is 0 Å². The van der Waals surface area contributed by atoms with E-state index in [1.165, 1.54) is 5.56 Å². The molecule has 0 heterocycles. The molecule has 0 amide bonds. The van der Waals surface area contributed by atoms with E-state index in [-0.39, 0.29) is 11.7 Å². The lowest BCUT2D eigenvalue weighted by molar-refractivity contribution is -0.115. The lowest BCUT2D eigenvalue weighted by Gasteiger charge is -2.03. The maximum atomic E-state index is 10.8. The standard InChI is InChI=1S/C10H10.C8H8O/c1-2-3-7-10-8-5-4-6-9-10;1-2-7-5-3-4-6-8(7)9/h2-9H,1H2;2-7H,1H2. The number of carbonyl (C=O) groups is 1. The number of ketones is 1. The molecule has 19 heavy (non-hydrogen) atoms. The zero-order chi connectivity index (χ0) is 13.9. The van der Waals surface area contributed by atoms with E-state index in [0.717, 1.165) is 0 Å². The Labute approximate surface area is 115 Å². The lowest BCUT2D eigenvalue weighted by Crippen LogP contribution is -2.07. The predicted molar refractivity (Wildman–Crippen MR) is 82.6 cm³/mol. The first-order valence-corrected chi connectivity index (χ1v) is 6.13. The van der Waals surface area contributed by atoms with Gasteiger partial charge in [0.25, 0.3) is 0 Å². The molecular weight excluding hydrogens is 232 g/mol. The summed E-state index contributed by atoms with van der Waals surface area (Å²) in [6, 6.07) is 10.1. The van der Waals surface area contributed by atoms with Crippen LogP contribution in [0.15, 0.2) is 86.0 Å². The molecule has 1 aromatic rings. The molecule has 0 aliphatic heterocycles. The second kappa shape index (κ2) is 8.65. The van der Waals surface area contributed by atoms with Gasteiger partial charge in [0, 0.05) is 0 Å². The highest BCUT2D eigenvalue weighted by molar-refractivity contribution is 5.95. The molecule has 0 radical (unpaired) electrons. The summed E-state index contributed by atoms with van der Waals surface area (Å²) in [7, 11) is 0. The number of hydrogen-bond acceptors (Lipinski definition) is 1. The molecule has 1 unspecified atom stereocenters. The Morgan fingerprint density at radius 3 is 2.32 bits per heavy atom. The van der Waals surface area contributed by atoms with E-state index in [1.54, 1.807) is 24.3 Å². The normalized spacial score (nSPS) is 16.8. The summed E-state index contributed by atoms with van der Waals surface area (Å²) in [6.45, 7) is 7.12. The molecule has 1 heteroatoms. The highest BCUT2D eigenvalue weighted by Crippen LogP contribution is 2.07. The van der Waals surface area contributed by atoms with Crippen molar-refractivity contribution in [2.24, 2.45) is 5.92 Å². The Balaban J connectivity index is 0.000000191. The van der Waals surface area contributed by atoms with Crippen molar-refractivity contribution < 1.29 is 4.79 Å². The lowest BCUT2D eigenvalue weighted by atomic mass is 10.0. The van der Waals surface area contributed by atoms with Crippen LogP contribution in [-0.4, -0.2) is 5.78 Å². The second-order valence-corrected chi connectivity index (χ2v) is 3.91. The molecular formula is C18H18O. The van der Waals surface area contributed by atoms with Crippen LogP contribution in [-0.2, 0) is 4.79 Å². The molecule has 1 aliphatic rings. The summed E-state index contributed by atoms with van der Waals surface area (Å²) in [4.78, 5) is 10.8. The molecule has 0 saturated carbocycles. The molecule has 2 rings (SSSR count). The van der Waals surface area contributed by atoms with Crippen molar-refractivity contribution >= 4 is 11.9 Å². The minimum atomic E-state index is -0.0880. The van der Waals surface area contributed by atoms with Gasteiger partial charge in [-0.15, -0.1) is 6.58 Å². The van der Waals surface area contributed by atoms with Crippen LogP contribution in [0.2, 0.25) is 0 Å².